The summed E-state index contributed by atoms with van der Waals surface area (Å²) in [4.78, 5) is 31.9. The van der Waals surface area contributed by atoms with Gasteiger partial charge in [0.2, 0.25) is 5.91 Å². The first-order valence-corrected chi connectivity index (χ1v) is 8.47. The number of aromatic nitrogens is 4. The van der Waals surface area contributed by atoms with Crippen LogP contribution in [0.4, 0.5) is 11.5 Å². The zero-order valence-corrected chi connectivity index (χ0v) is 13.4. The fourth-order valence-electron chi connectivity index (χ4n) is 2.42. The van der Waals surface area contributed by atoms with E-state index >= 15 is 0 Å². The van der Waals surface area contributed by atoms with Crippen LogP contribution in [0.2, 0.25) is 0 Å². The fourth-order valence-corrected chi connectivity index (χ4v) is 3.04. The lowest BCUT2D eigenvalue weighted by atomic mass is 10.1. The van der Waals surface area contributed by atoms with Crippen molar-refractivity contribution in [1.29, 1.82) is 0 Å². The topological polar surface area (TPSA) is 107 Å². The van der Waals surface area contributed by atoms with Crippen molar-refractivity contribution >= 4 is 29.2 Å². The summed E-state index contributed by atoms with van der Waals surface area (Å²) in [6, 6.07) is 3.79. The summed E-state index contributed by atoms with van der Waals surface area (Å²) in [5.41, 5.74) is 0.275. The lowest BCUT2D eigenvalue weighted by molar-refractivity contribution is -0.113. The summed E-state index contributed by atoms with van der Waals surface area (Å²) >= 11 is 1.16. The van der Waals surface area contributed by atoms with Gasteiger partial charge in [-0.1, -0.05) is 11.8 Å². The molecule has 0 atom stereocenters. The molecule has 1 saturated heterocycles. The predicted molar refractivity (Wildman–Crippen MR) is 88.9 cm³/mol. The Morgan fingerprint density at radius 1 is 1.30 bits per heavy atom. The van der Waals surface area contributed by atoms with Crippen LogP contribution in [0.1, 0.15) is 19.3 Å². The molecule has 0 unspecified atom stereocenters. The minimum absolute atomic E-state index is 0.161. The van der Waals surface area contributed by atoms with Crippen LogP contribution in [0.3, 0.4) is 0 Å². The van der Waals surface area contributed by atoms with E-state index in [1.165, 1.54) is 19.3 Å². The molecule has 1 aliphatic heterocycles. The maximum Gasteiger partial charge on any atom is 0.341 e. The van der Waals surface area contributed by atoms with Gasteiger partial charge in [-0.3, -0.25) is 9.78 Å². The van der Waals surface area contributed by atoms with Crippen molar-refractivity contribution in [3.63, 3.8) is 0 Å². The molecule has 1 fully saturated rings. The number of hydrogen-bond donors (Lipinski definition) is 3. The van der Waals surface area contributed by atoms with Gasteiger partial charge in [-0.15, -0.1) is 5.10 Å². The van der Waals surface area contributed by atoms with E-state index in [-0.39, 0.29) is 17.3 Å². The van der Waals surface area contributed by atoms with Crippen molar-refractivity contribution in [2.75, 3.05) is 29.1 Å². The highest BCUT2D eigenvalue weighted by atomic mass is 32.2. The van der Waals surface area contributed by atoms with Gasteiger partial charge < -0.3 is 10.2 Å². The molecule has 2 aromatic heterocycles. The van der Waals surface area contributed by atoms with Crippen LogP contribution in [0.5, 0.6) is 0 Å². The number of piperidine rings is 1. The standard InChI is InChI=1S/C14H18N6O2S/c21-12(9-23-14-17-13(22)18-19-14)16-10-4-5-11(15-8-10)20-6-2-1-3-7-20/h4-5,8H,1-3,6-7,9H2,(H,16,21)(H2,17,18,19,22). The van der Waals surface area contributed by atoms with Crippen molar-refractivity contribution < 1.29 is 4.79 Å². The summed E-state index contributed by atoms with van der Waals surface area (Å²) in [6.07, 6.45) is 5.35. The highest BCUT2D eigenvalue weighted by Crippen LogP contribution is 2.19. The van der Waals surface area contributed by atoms with Crippen molar-refractivity contribution in [3.05, 3.63) is 28.8 Å². The van der Waals surface area contributed by atoms with Crippen LogP contribution in [0, 0.1) is 0 Å². The zero-order valence-electron chi connectivity index (χ0n) is 12.5. The number of amides is 1. The van der Waals surface area contributed by atoms with E-state index in [2.05, 4.69) is 30.4 Å². The molecule has 1 aliphatic rings. The molecule has 122 valence electrons. The number of carbonyl (C=O) groups is 1. The summed E-state index contributed by atoms with van der Waals surface area (Å²) in [5, 5.41) is 9.15. The Morgan fingerprint density at radius 2 is 2.13 bits per heavy atom. The van der Waals surface area contributed by atoms with E-state index in [0.29, 0.717) is 10.8 Å². The summed E-state index contributed by atoms with van der Waals surface area (Å²) in [6.45, 7) is 2.08. The largest absolute Gasteiger partial charge is 0.357 e. The first-order valence-electron chi connectivity index (χ1n) is 7.49. The molecule has 8 nitrogen and oxygen atoms in total. The summed E-state index contributed by atoms with van der Waals surface area (Å²) in [7, 11) is 0. The second-order valence-corrected chi connectivity index (χ2v) is 6.24. The molecule has 1 amide bonds. The van der Waals surface area contributed by atoms with Crippen molar-refractivity contribution in [2.24, 2.45) is 0 Å². The maximum atomic E-state index is 11.9. The van der Waals surface area contributed by atoms with Crippen LogP contribution in [-0.2, 0) is 4.79 Å². The van der Waals surface area contributed by atoms with Crippen molar-refractivity contribution in [2.45, 2.75) is 24.4 Å². The minimum atomic E-state index is -0.384. The van der Waals surface area contributed by atoms with E-state index in [9.17, 15) is 9.59 Å². The SMILES string of the molecule is O=C(CSc1n[nH]c(=O)[nH]1)Nc1ccc(N2CCCCC2)nc1. The number of nitrogens with zero attached hydrogens (tertiary/aromatic N) is 3. The van der Waals surface area contributed by atoms with Gasteiger partial charge in [0.25, 0.3) is 0 Å². The Morgan fingerprint density at radius 3 is 2.78 bits per heavy atom. The Bertz CT molecular complexity index is 705. The molecule has 3 heterocycles. The van der Waals surface area contributed by atoms with Crippen LogP contribution in [0.25, 0.3) is 0 Å². The molecule has 2 aromatic rings. The predicted octanol–water partition coefficient (Wildman–Crippen LogP) is 1.21. The number of nitrogens with one attached hydrogen (secondary N) is 3. The van der Waals surface area contributed by atoms with Gasteiger partial charge in [0, 0.05) is 13.1 Å². The second-order valence-electron chi connectivity index (χ2n) is 5.27. The average Bonchev–Trinajstić information content (AvgIpc) is 3.00. The lowest BCUT2D eigenvalue weighted by Gasteiger charge is -2.27. The van der Waals surface area contributed by atoms with Gasteiger partial charge in [0.05, 0.1) is 17.6 Å². The van der Waals surface area contributed by atoms with Gasteiger partial charge in [-0.25, -0.2) is 14.9 Å². The van der Waals surface area contributed by atoms with E-state index in [0.717, 1.165) is 30.7 Å². The third-order valence-corrected chi connectivity index (χ3v) is 4.40. The number of anilines is 2. The molecule has 0 spiro atoms. The molecule has 3 N–H and O–H groups in total. The van der Waals surface area contributed by atoms with Gasteiger partial charge in [0.1, 0.15) is 5.82 Å². The molecule has 0 radical (unpaired) electrons. The Kier molecular flexibility index (Phi) is 4.96. The number of aromatic amines is 2. The maximum absolute atomic E-state index is 11.9. The lowest BCUT2D eigenvalue weighted by Crippen LogP contribution is -2.30. The van der Waals surface area contributed by atoms with E-state index < -0.39 is 0 Å². The van der Waals surface area contributed by atoms with Gasteiger partial charge in [-0.05, 0) is 31.4 Å². The molecule has 3 rings (SSSR count). The second kappa shape index (κ2) is 7.32. The quantitative estimate of drug-likeness (QED) is 0.710. The molecule has 0 bridgehead atoms. The molecule has 0 aliphatic carbocycles. The number of hydrogen-bond acceptors (Lipinski definition) is 6. The van der Waals surface area contributed by atoms with E-state index in [4.69, 9.17) is 0 Å². The zero-order chi connectivity index (χ0) is 16.1. The average molecular weight is 334 g/mol. The Balaban J connectivity index is 1.51. The third kappa shape index (κ3) is 4.35. The van der Waals surface area contributed by atoms with Crippen molar-refractivity contribution in [1.82, 2.24) is 20.2 Å². The Labute approximate surface area is 137 Å². The van der Waals surface area contributed by atoms with E-state index in [1.807, 2.05) is 12.1 Å². The number of thioether (sulfide) groups is 1. The number of rotatable bonds is 5. The molecule has 9 heteroatoms. The smallest absolute Gasteiger partial charge is 0.341 e. The molecular weight excluding hydrogens is 316 g/mol. The minimum Gasteiger partial charge on any atom is -0.357 e. The third-order valence-electron chi connectivity index (χ3n) is 3.53. The first-order chi connectivity index (χ1) is 11.2. The number of carbonyl (C=O) groups excluding carboxylic acids is 1. The van der Waals surface area contributed by atoms with E-state index in [1.54, 1.807) is 6.20 Å². The summed E-state index contributed by atoms with van der Waals surface area (Å²) < 4.78 is 0. The number of pyridine rings is 1. The van der Waals surface area contributed by atoms with Crippen LogP contribution in [0.15, 0.2) is 28.3 Å². The number of H-pyrrole nitrogens is 2. The summed E-state index contributed by atoms with van der Waals surface area (Å²) in [5.74, 6) is 0.937. The molecule has 0 saturated carbocycles. The highest BCUT2D eigenvalue weighted by molar-refractivity contribution is 7.99. The van der Waals surface area contributed by atoms with Crippen LogP contribution < -0.4 is 15.9 Å². The van der Waals surface area contributed by atoms with Gasteiger partial charge >= 0.3 is 5.69 Å². The van der Waals surface area contributed by atoms with Gasteiger partial charge in [0.15, 0.2) is 5.16 Å². The van der Waals surface area contributed by atoms with Crippen molar-refractivity contribution in [3.8, 4) is 0 Å². The molecular formula is C14H18N6O2S. The van der Waals surface area contributed by atoms with Crippen LogP contribution >= 0.6 is 11.8 Å². The first kappa shape index (κ1) is 15.6. The normalized spacial score (nSPS) is 14.7. The van der Waals surface area contributed by atoms with Crippen LogP contribution in [-0.4, -0.2) is 44.9 Å². The molecule has 0 aromatic carbocycles. The Hall–Kier alpha value is -2.29. The highest BCUT2D eigenvalue weighted by Gasteiger charge is 2.12. The monoisotopic (exact) mass is 334 g/mol. The molecule has 23 heavy (non-hydrogen) atoms. The fraction of sp³-hybridized carbons (Fsp3) is 0.429. The van der Waals surface area contributed by atoms with Gasteiger partial charge in [-0.2, -0.15) is 0 Å².